The molecule has 0 amide bonds. The van der Waals surface area contributed by atoms with Crippen LogP contribution in [0.4, 0.5) is 8.78 Å². The van der Waals surface area contributed by atoms with E-state index in [9.17, 15) is 8.78 Å². The molecule has 0 spiro atoms. The van der Waals surface area contributed by atoms with Crippen molar-refractivity contribution in [1.29, 1.82) is 5.26 Å². The summed E-state index contributed by atoms with van der Waals surface area (Å²) < 4.78 is 26.8. The third kappa shape index (κ3) is 2.05. The molecule has 16 heavy (non-hydrogen) atoms. The normalized spacial score (nSPS) is 17.1. The lowest BCUT2D eigenvalue weighted by Gasteiger charge is -2.22. The van der Waals surface area contributed by atoms with Crippen LogP contribution in [0, 0.1) is 23.0 Å². The molecule has 0 bridgehead atoms. The highest BCUT2D eigenvalue weighted by Crippen LogP contribution is 2.28. The van der Waals surface area contributed by atoms with Gasteiger partial charge in [-0.25, -0.2) is 14.1 Å². The summed E-state index contributed by atoms with van der Waals surface area (Å²) in [6, 6.07) is 4.08. The molecule has 0 N–H and O–H groups in total. The maximum absolute atomic E-state index is 13.4. The first-order valence-electron chi connectivity index (χ1n) is 5.24. The lowest BCUT2D eigenvalue weighted by molar-refractivity contribution is 0.449. The first kappa shape index (κ1) is 11.0. The van der Waals surface area contributed by atoms with Crippen LogP contribution in [-0.2, 0) is 0 Å². The van der Waals surface area contributed by atoms with E-state index in [-0.39, 0.29) is 5.92 Å². The van der Waals surface area contributed by atoms with E-state index in [1.165, 1.54) is 18.2 Å². The van der Waals surface area contributed by atoms with Gasteiger partial charge in [0.05, 0.1) is 0 Å². The smallest absolute Gasteiger partial charge is 0.144 e. The zero-order valence-corrected chi connectivity index (χ0v) is 8.71. The molecule has 0 saturated carbocycles. The van der Waals surface area contributed by atoms with Crippen molar-refractivity contribution in [2.45, 2.75) is 18.8 Å². The van der Waals surface area contributed by atoms with Gasteiger partial charge in [-0.3, -0.25) is 0 Å². The zero-order valence-electron chi connectivity index (χ0n) is 8.71. The largest absolute Gasteiger partial charge is 0.242 e. The lowest BCUT2D eigenvalue weighted by atomic mass is 9.89. The number of hydrogen-bond acceptors (Lipinski definition) is 1. The van der Waals surface area contributed by atoms with Crippen LogP contribution in [0.2, 0.25) is 0 Å². The molecule has 1 saturated heterocycles. The van der Waals surface area contributed by atoms with Gasteiger partial charge in [0.2, 0.25) is 0 Å². The molecule has 2 nitrogen and oxygen atoms in total. The fourth-order valence-corrected chi connectivity index (χ4v) is 2.02. The van der Waals surface area contributed by atoms with Crippen molar-refractivity contribution in [3.8, 4) is 6.07 Å². The number of piperidine rings is 1. The van der Waals surface area contributed by atoms with Crippen LogP contribution in [0.3, 0.4) is 0 Å². The van der Waals surface area contributed by atoms with Crippen LogP contribution < -0.4 is 5.32 Å². The van der Waals surface area contributed by atoms with Gasteiger partial charge in [0, 0.05) is 13.1 Å². The summed E-state index contributed by atoms with van der Waals surface area (Å²) in [6.07, 6.45) is 1.65. The summed E-state index contributed by atoms with van der Waals surface area (Å²) in [7, 11) is 0. The van der Waals surface area contributed by atoms with Crippen molar-refractivity contribution < 1.29 is 8.78 Å². The SMILES string of the molecule is N#Cc1c(F)cc(C2CC[N]CC2)cc1F. The number of hydrogen-bond donors (Lipinski definition) is 0. The van der Waals surface area contributed by atoms with E-state index < -0.39 is 17.2 Å². The van der Waals surface area contributed by atoms with Crippen LogP contribution >= 0.6 is 0 Å². The van der Waals surface area contributed by atoms with E-state index in [4.69, 9.17) is 5.26 Å². The number of nitrogens with zero attached hydrogens (tertiary/aromatic N) is 2. The monoisotopic (exact) mass is 221 g/mol. The topological polar surface area (TPSA) is 37.9 Å². The molecule has 1 radical (unpaired) electrons. The van der Waals surface area contributed by atoms with Crippen molar-refractivity contribution in [3.05, 3.63) is 34.9 Å². The quantitative estimate of drug-likeness (QED) is 0.717. The summed E-state index contributed by atoms with van der Waals surface area (Å²) in [5, 5.41) is 12.7. The summed E-state index contributed by atoms with van der Waals surface area (Å²) >= 11 is 0. The van der Waals surface area contributed by atoms with Gasteiger partial charge in [-0.15, -0.1) is 0 Å². The fraction of sp³-hybridized carbons (Fsp3) is 0.417. The maximum atomic E-state index is 13.4. The van der Waals surface area contributed by atoms with Gasteiger partial charge in [0.1, 0.15) is 23.3 Å². The maximum Gasteiger partial charge on any atom is 0.144 e. The highest BCUT2D eigenvalue weighted by molar-refractivity contribution is 5.36. The number of benzene rings is 1. The molecule has 1 fully saturated rings. The Morgan fingerprint density at radius 1 is 1.19 bits per heavy atom. The third-order valence-corrected chi connectivity index (χ3v) is 2.92. The van der Waals surface area contributed by atoms with E-state index in [0.29, 0.717) is 5.56 Å². The highest BCUT2D eigenvalue weighted by atomic mass is 19.1. The van der Waals surface area contributed by atoms with Gasteiger partial charge in [0.15, 0.2) is 0 Å². The Bertz CT molecular complexity index is 408. The molecule has 0 atom stereocenters. The van der Waals surface area contributed by atoms with Crippen molar-refractivity contribution in [2.24, 2.45) is 0 Å². The van der Waals surface area contributed by atoms with Crippen molar-refractivity contribution in [1.82, 2.24) is 5.32 Å². The first-order valence-corrected chi connectivity index (χ1v) is 5.24. The minimum absolute atomic E-state index is 0.161. The molecule has 1 aromatic carbocycles. The minimum Gasteiger partial charge on any atom is -0.242 e. The Hall–Kier alpha value is -1.47. The molecule has 0 aliphatic carbocycles. The Morgan fingerprint density at radius 3 is 2.25 bits per heavy atom. The summed E-state index contributed by atoms with van der Waals surface area (Å²) in [4.78, 5) is 0. The molecular formula is C12H11F2N2. The second kappa shape index (κ2) is 4.58. The fourth-order valence-electron chi connectivity index (χ4n) is 2.02. The molecular weight excluding hydrogens is 210 g/mol. The van der Waals surface area contributed by atoms with Crippen LogP contribution in [0.15, 0.2) is 12.1 Å². The van der Waals surface area contributed by atoms with Crippen LogP contribution in [0.1, 0.15) is 29.9 Å². The predicted octanol–water partition coefficient (Wildman–Crippen LogP) is 2.32. The van der Waals surface area contributed by atoms with Crippen molar-refractivity contribution in [3.63, 3.8) is 0 Å². The Balaban J connectivity index is 2.32. The summed E-state index contributed by atoms with van der Waals surface area (Å²) in [6.45, 7) is 1.49. The number of halogens is 2. The van der Waals surface area contributed by atoms with Gasteiger partial charge in [-0.1, -0.05) is 0 Å². The number of rotatable bonds is 1. The van der Waals surface area contributed by atoms with Gasteiger partial charge in [-0.2, -0.15) is 5.26 Å². The highest BCUT2D eigenvalue weighted by Gasteiger charge is 2.19. The van der Waals surface area contributed by atoms with Crippen molar-refractivity contribution >= 4 is 0 Å². The Kier molecular flexibility index (Phi) is 3.16. The first-order chi connectivity index (χ1) is 7.72. The second-order valence-electron chi connectivity index (χ2n) is 3.92. The van der Waals surface area contributed by atoms with E-state index in [1.807, 2.05) is 0 Å². The van der Waals surface area contributed by atoms with Gasteiger partial charge in [0.25, 0.3) is 0 Å². The van der Waals surface area contributed by atoms with Crippen molar-refractivity contribution in [2.75, 3.05) is 13.1 Å². The van der Waals surface area contributed by atoms with Crippen LogP contribution in [0.25, 0.3) is 0 Å². The molecule has 0 unspecified atom stereocenters. The number of nitriles is 1. The lowest BCUT2D eigenvalue weighted by Crippen LogP contribution is -2.21. The minimum atomic E-state index is -0.764. The van der Waals surface area contributed by atoms with E-state index in [1.54, 1.807) is 0 Å². The molecule has 1 aliphatic rings. The zero-order chi connectivity index (χ0) is 11.5. The Morgan fingerprint density at radius 2 is 1.75 bits per heavy atom. The molecule has 0 aromatic heterocycles. The molecule has 1 aromatic rings. The predicted molar refractivity (Wildman–Crippen MR) is 54.9 cm³/mol. The van der Waals surface area contributed by atoms with E-state index >= 15 is 0 Å². The van der Waals surface area contributed by atoms with Gasteiger partial charge in [-0.05, 0) is 36.5 Å². The van der Waals surface area contributed by atoms with Crippen LogP contribution in [-0.4, -0.2) is 13.1 Å². The molecule has 4 heteroatoms. The van der Waals surface area contributed by atoms with E-state index in [0.717, 1.165) is 25.9 Å². The second-order valence-corrected chi connectivity index (χ2v) is 3.92. The van der Waals surface area contributed by atoms with E-state index in [2.05, 4.69) is 5.32 Å². The molecule has 83 valence electrons. The Labute approximate surface area is 92.9 Å². The van der Waals surface area contributed by atoms with Gasteiger partial charge < -0.3 is 0 Å². The summed E-state index contributed by atoms with van der Waals surface area (Å²) in [5.74, 6) is -1.37. The van der Waals surface area contributed by atoms with Crippen LogP contribution in [0.5, 0.6) is 0 Å². The average Bonchev–Trinajstić information content (AvgIpc) is 2.30. The summed E-state index contributed by atoms with van der Waals surface area (Å²) in [5.41, 5.74) is 0.146. The molecule has 1 aliphatic heterocycles. The molecule has 2 rings (SSSR count). The molecule has 1 heterocycles. The third-order valence-electron chi connectivity index (χ3n) is 2.92. The standard InChI is InChI=1S/C12H11F2N2/c13-11-5-9(6-12(14)10(11)7-15)8-1-3-16-4-2-8/h5-6,8H,1-4H2. The van der Waals surface area contributed by atoms with Gasteiger partial charge >= 0.3 is 0 Å². The average molecular weight is 221 g/mol.